The minimum atomic E-state index is 0.517. The van der Waals surface area contributed by atoms with Crippen LogP contribution in [0.15, 0.2) is 10.7 Å². The quantitative estimate of drug-likeness (QED) is 0.653. The largest absolute Gasteiger partial charge is 0.354 e. The molecule has 0 aliphatic heterocycles. The number of hydrogen-bond donors (Lipinski definition) is 0. The van der Waals surface area contributed by atoms with Crippen LogP contribution in [0.1, 0.15) is 59.2 Å². The SMILES string of the molecule is CCCCN(c1cc(Br)nc(CCC)n1)C(C)CC. The van der Waals surface area contributed by atoms with Crippen LogP contribution in [0.5, 0.6) is 0 Å². The van der Waals surface area contributed by atoms with Gasteiger partial charge in [-0.1, -0.05) is 27.2 Å². The Morgan fingerprint density at radius 2 is 1.95 bits per heavy atom. The van der Waals surface area contributed by atoms with Crippen molar-refractivity contribution < 1.29 is 0 Å². The van der Waals surface area contributed by atoms with E-state index in [1.165, 1.54) is 12.8 Å². The van der Waals surface area contributed by atoms with Crippen molar-refractivity contribution in [2.45, 2.75) is 65.8 Å². The maximum Gasteiger partial charge on any atom is 0.133 e. The Hall–Kier alpha value is -0.640. The number of nitrogens with zero attached hydrogens (tertiary/aromatic N) is 3. The molecule has 108 valence electrons. The standard InChI is InChI=1S/C15H26BrN3/c1-5-8-10-19(12(4)7-3)15-11-13(16)17-14(18-15)9-6-2/h11-12H,5-10H2,1-4H3. The van der Waals surface area contributed by atoms with Gasteiger partial charge in [0.1, 0.15) is 16.2 Å². The van der Waals surface area contributed by atoms with Crippen molar-refractivity contribution in [3.05, 3.63) is 16.5 Å². The zero-order valence-corrected chi connectivity index (χ0v) is 14.2. The first-order valence-electron chi connectivity index (χ1n) is 7.42. The van der Waals surface area contributed by atoms with E-state index in [4.69, 9.17) is 4.98 Å². The smallest absolute Gasteiger partial charge is 0.133 e. The summed E-state index contributed by atoms with van der Waals surface area (Å²) >= 11 is 3.51. The fourth-order valence-electron chi connectivity index (χ4n) is 2.04. The van der Waals surface area contributed by atoms with Gasteiger partial charge in [-0.25, -0.2) is 9.97 Å². The number of anilines is 1. The fraction of sp³-hybridized carbons (Fsp3) is 0.733. The van der Waals surface area contributed by atoms with Gasteiger partial charge >= 0.3 is 0 Å². The molecule has 19 heavy (non-hydrogen) atoms. The van der Waals surface area contributed by atoms with Crippen LogP contribution in [-0.4, -0.2) is 22.6 Å². The molecule has 0 spiro atoms. The summed E-state index contributed by atoms with van der Waals surface area (Å²) in [6.45, 7) is 9.96. The van der Waals surface area contributed by atoms with Gasteiger partial charge in [0.05, 0.1) is 0 Å². The summed E-state index contributed by atoms with van der Waals surface area (Å²) in [6.07, 6.45) is 5.56. The van der Waals surface area contributed by atoms with Crippen molar-refractivity contribution in [1.82, 2.24) is 9.97 Å². The summed E-state index contributed by atoms with van der Waals surface area (Å²) in [4.78, 5) is 11.6. The summed E-state index contributed by atoms with van der Waals surface area (Å²) < 4.78 is 0.894. The molecule has 1 atom stereocenters. The van der Waals surface area contributed by atoms with Crippen LogP contribution in [0.2, 0.25) is 0 Å². The average Bonchev–Trinajstić information content (AvgIpc) is 2.38. The van der Waals surface area contributed by atoms with E-state index in [1.54, 1.807) is 0 Å². The second-order valence-electron chi connectivity index (χ2n) is 5.02. The lowest BCUT2D eigenvalue weighted by molar-refractivity contribution is 0.587. The normalized spacial score (nSPS) is 12.5. The molecule has 1 aromatic heterocycles. The van der Waals surface area contributed by atoms with Crippen molar-refractivity contribution >= 4 is 21.7 Å². The fourth-order valence-corrected chi connectivity index (χ4v) is 2.45. The number of aromatic nitrogens is 2. The molecule has 0 aromatic carbocycles. The van der Waals surface area contributed by atoms with Crippen molar-refractivity contribution in [3.63, 3.8) is 0 Å². The molecular weight excluding hydrogens is 302 g/mol. The molecule has 0 amide bonds. The van der Waals surface area contributed by atoms with Gasteiger partial charge in [-0.3, -0.25) is 0 Å². The lowest BCUT2D eigenvalue weighted by atomic mass is 10.2. The van der Waals surface area contributed by atoms with Gasteiger partial charge in [0, 0.05) is 25.1 Å². The molecule has 0 saturated heterocycles. The third-order valence-corrected chi connectivity index (χ3v) is 3.78. The van der Waals surface area contributed by atoms with Crippen LogP contribution in [0.25, 0.3) is 0 Å². The number of halogens is 1. The van der Waals surface area contributed by atoms with Gasteiger partial charge in [-0.2, -0.15) is 0 Å². The molecule has 1 unspecified atom stereocenters. The summed E-state index contributed by atoms with van der Waals surface area (Å²) in [7, 11) is 0. The van der Waals surface area contributed by atoms with Crippen LogP contribution in [0.4, 0.5) is 5.82 Å². The molecule has 0 aliphatic rings. The van der Waals surface area contributed by atoms with E-state index in [0.29, 0.717) is 6.04 Å². The van der Waals surface area contributed by atoms with Crippen molar-refractivity contribution in [3.8, 4) is 0 Å². The minimum Gasteiger partial charge on any atom is -0.354 e. The van der Waals surface area contributed by atoms with E-state index in [9.17, 15) is 0 Å². The average molecular weight is 328 g/mol. The Bertz CT molecular complexity index is 382. The van der Waals surface area contributed by atoms with E-state index < -0.39 is 0 Å². The van der Waals surface area contributed by atoms with Crippen LogP contribution < -0.4 is 4.90 Å². The molecule has 0 fully saturated rings. The van der Waals surface area contributed by atoms with Crippen LogP contribution in [-0.2, 0) is 6.42 Å². The molecule has 1 aromatic rings. The number of aryl methyl sites for hydroxylation is 1. The first kappa shape index (κ1) is 16.4. The monoisotopic (exact) mass is 327 g/mol. The van der Waals surface area contributed by atoms with E-state index in [-0.39, 0.29) is 0 Å². The summed E-state index contributed by atoms with van der Waals surface area (Å²) in [5, 5.41) is 0. The number of unbranched alkanes of at least 4 members (excludes halogenated alkanes) is 1. The molecule has 1 heterocycles. The van der Waals surface area contributed by atoms with Gasteiger partial charge in [0.25, 0.3) is 0 Å². The third kappa shape index (κ3) is 5.09. The molecule has 0 saturated carbocycles. The summed E-state index contributed by atoms with van der Waals surface area (Å²) in [6, 6.07) is 2.56. The third-order valence-electron chi connectivity index (χ3n) is 3.37. The highest BCUT2D eigenvalue weighted by Crippen LogP contribution is 2.21. The molecular formula is C15H26BrN3. The zero-order chi connectivity index (χ0) is 14.3. The lowest BCUT2D eigenvalue weighted by Gasteiger charge is -2.30. The Kier molecular flexibility index (Phi) is 7.36. The minimum absolute atomic E-state index is 0.517. The molecule has 0 radical (unpaired) electrons. The molecule has 1 rings (SSSR count). The maximum atomic E-state index is 4.73. The van der Waals surface area contributed by atoms with Gasteiger partial charge < -0.3 is 4.90 Å². The predicted octanol–water partition coefficient (Wildman–Crippen LogP) is 4.60. The molecule has 0 aliphatic carbocycles. The first-order valence-corrected chi connectivity index (χ1v) is 8.21. The zero-order valence-electron chi connectivity index (χ0n) is 12.6. The summed E-state index contributed by atoms with van der Waals surface area (Å²) in [5.74, 6) is 2.00. The van der Waals surface area contributed by atoms with Crippen LogP contribution >= 0.6 is 15.9 Å². The van der Waals surface area contributed by atoms with Crippen molar-refractivity contribution in [1.29, 1.82) is 0 Å². The Morgan fingerprint density at radius 3 is 2.53 bits per heavy atom. The molecule has 4 heteroatoms. The van der Waals surface area contributed by atoms with Crippen molar-refractivity contribution in [2.75, 3.05) is 11.4 Å². The van der Waals surface area contributed by atoms with E-state index in [2.05, 4.69) is 53.5 Å². The second kappa shape index (κ2) is 8.51. The highest BCUT2D eigenvalue weighted by atomic mass is 79.9. The predicted molar refractivity (Wildman–Crippen MR) is 85.7 cm³/mol. The van der Waals surface area contributed by atoms with E-state index in [1.807, 2.05) is 6.07 Å². The highest BCUT2D eigenvalue weighted by molar-refractivity contribution is 9.10. The topological polar surface area (TPSA) is 29.0 Å². The van der Waals surface area contributed by atoms with Crippen LogP contribution in [0.3, 0.4) is 0 Å². The number of hydrogen-bond acceptors (Lipinski definition) is 3. The van der Waals surface area contributed by atoms with E-state index in [0.717, 1.165) is 42.1 Å². The Labute approximate surface area is 126 Å². The van der Waals surface area contributed by atoms with E-state index >= 15 is 0 Å². The Balaban J connectivity index is 2.99. The summed E-state index contributed by atoms with van der Waals surface area (Å²) in [5.41, 5.74) is 0. The van der Waals surface area contributed by atoms with Crippen molar-refractivity contribution in [2.24, 2.45) is 0 Å². The lowest BCUT2D eigenvalue weighted by Crippen LogP contribution is -2.34. The van der Waals surface area contributed by atoms with Gasteiger partial charge in [0.15, 0.2) is 0 Å². The molecule has 3 nitrogen and oxygen atoms in total. The Morgan fingerprint density at radius 1 is 1.21 bits per heavy atom. The second-order valence-corrected chi connectivity index (χ2v) is 5.83. The molecule has 0 bridgehead atoms. The molecule has 0 N–H and O–H groups in total. The highest BCUT2D eigenvalue weighted by Gasteiger charge is 2.15. The number of rotatable bonds is 8. The van der Waals surface area contributed by atoms with Gasteiger partial charge in [-0.15, -0.1) is 0 Å². The van der Waals surface area contributed by atoms with Gasteiger partial charge in [-0.05, 0) is 42.1 Å². The van der Waals surface area contributed by atoms with Crippen LogP contribution in [0, 0.1) is 0 Å². The van der Waals surface area contributed by atoms with Gasteiger partial charge in [0.2, 0.25) is 0 Å². The maximum absolute atomic E-state index is 4.73. The first-order chi connectivity index (χ1) is 9.12.